The van der Waals surface area contributed by atoms with Crippen LogP contribution in [0.5, 0.6) is 11.5 Å². The molecular formula is C19H20O2. The molecule has 3 rings (SSSR count). The fourth-order valence-corrected chi connectivity index (χ4v) is 3.03. The maximum absolute atomic E-state index is 12.6. The highest BCUT2D eigenvalue weighted by Gasteiger charge is 2.36. The standard InChI is InChI=1S/C19H20O2/c1-19(13-5-6-14-19)18(20)15-9-11-17(12-10-15)21-16-7-3-2-4-8-16/h2-4,7-12H,5-6,13-14H2,1H3. The molecule has 2 aromatic rings. The summed E-state index contributed by atoms with van der Waals surface area (Å²) in [6, 6.07) is 17.2. The van der Waals surface area contributed by atoms with E-state index in [0.717, 1.165) is 42.7 Å². The molecule has 2 aromatic carbocycles. The van der Waals surface area contributed by atoms with Gasteiger partial charge in [0.1, 0.15) is 11.5 Å². The average Bonchev–Trinajstić information content (AvgIpc) is 2.96. The number of carbonyl (C=O) groups excluding carboxylic acids is 1. The van der Waals surface area contributed by atoms with Gasteiger partial charge in [-0.25, -0.2) is 0 Å². The van der Waals surface area contributed by atoms with E-state index in [1.165, 1.54) is 0 Å². The molecule has 0 spiro atoms. The van der Waals surface area contributed by atoms with Crippen LogP contribution >= 0.6 is 0 Å². The summed E-state index contributed by atoms with van der Waals surface area (Å²) in [5.41, 5.74) is 0.627. The summed E-state index contributed by atoms with van der Waals surface area (Å²) in [4.78, 5) is 12.6. The van der Waals surface area contributed by atoms with Crippen LogP contribution in [0.3, 0.4) is 0 Å². The predicted molar refractivity (Wildman–Crippen MR) is 83.9 cm³/mol. The van der Waals surface area contributed by atoms with Crippen LogP contribution in [0, 0.1) is 5.41 Å². The number of Topliss-reactive ketones (excluding diaryl/α,β-unsaturated/α-hetero) is 1. The van der Waals surface area contributed by atoms with Crippen LogP contribution in [-0.4, -0.2) is 5.78 Å². The highest BCUT2D eigenvalue weighted by Crippen LogP contribution is 2.40. The number of carbonyl (C=O) groups is 1. The molecule has 2 nitrogen and oxygen atoms in total. The molecule has 0 atom stereocenters. The van der Waals surface area contributed by atoms with Crippen molar-refractivity contribution in [3.63, 3.8) is 0 Å². The third-order valence-corrected chi connectivity index (χ3v) is 4.35. The number of ketones is 1. The van der Waals surface area contributed by atoms with E-state index in [1.807, 2.05) is 54.6 Å². The van der Waals surface area contributed by atoms with Crippen LogP contribution in [-0.2, 0) is 0 Å². The van der Waals surface area contributed by atoms with Crippen molar-refractivity contribution in [3.05, 3.63) is 60.2 Å². The number of hydrogen-bond donors (Lipinski definition) is 0. The van der Waals surface area contributed by atoms with Crippen LogP contribution in [0.15, 0.2) is 54.6 Å². The summed E-state index contributed by atoms with van der Waals surface area (Å²) < 4.78 is 5.75. The topological polar surface area (TPSA) is 26.3 Å². The largest absolute Gasteiger partial charge is 0.457 e. The fourth-order valence-electron chi connectivity index (χ4n) is 3.03. The van der Waals surface area contributed by atoms with E-state index in [4.69, 9.17) is 4.74 Å². The Balaban J connectivity index is 1.73. The SMILES string of the molecule is CC1(C(=O)c2ccc(Oc3ccccc3)cc2)CCCC1. The summed E-state index contributed by atoms with van der Waals surface area (Å²) in [6.07, 6.45) is 4.34. The Morgan fingerprint density at radius 3 is 2.10 bits per heavy atom. The zero-order chi connectivity index (χ0) is 14.7. The molecule has 0 N–H and O–H groups in total. The Labute approximate surface area is 125 Å². The number of para-hydroxylation sites is 1. The molecule has 0 heterocycles. The Morgan fingerprint density at radius 2 is 1.48 bits per heavy atom. The lowest BCUT2D eigenvalue weighted by Gasteiger charge is -2.21. The minimum atomic E-state index is -0.165. The first-order chi connectivity index (χ1) is 10.2. The Hall–Kier alpha value is -2.09. The highest BCUT2D eigenvalue weighted by atomic mass is 16.5. The van der Waals surface area contributed by atoms with Crippen molar-refractivity contribution < 1.29 is 9.53 Å². The Bertz CT molecular complexity index is 608. The van der Waals surface area contributed by atoms with Crippen LogP contribution < -0.4 is 4.74 Å². The second-order valence-electron chi connectivity index (χ2n) is 6.04. The maximum atomic E-state index is 12.6. The first kappa shape index (κ1) is 13.9. The number of rotatable bonds is 4. The van der Waals surface area contributed by atoms with Gasteiger partial charge in [0.25, 0.3) is 0 Å². The van der Waals surface area contributed by atoms with Crippen molar-refractivity contribution in [2.75, 3.05) is 0 Å². The zero-order valence-corrected chi connectivity index (χ0v) is 12.3. The first-order valence-corrected chi connectivity index (χ1v) is 7.55. The summed E-state index contributed by atoms with van der Waals surface area (Å²) >= 11 is 0. The average molecular weight is 280 g/mol. The van der Waals surface area contributed by atoms with Crippen LogP contribution in [0.2, 0.25) is 0 Å². The van der Waals surface area contributed by atoms with E-state index >= 15 is 0 Å². The molecule has 0 bridgehead atoms. The first-order valence-electron chi connectivity index (χ1n) is 7.55. The molecule has 21 heavy (non-hydrogen) atoms. The van der Waals surface area contributed by atoms with Crippen molar-refractivity contribution in [2.24, 2.45) is 5.41 Å². The van der Waals surface area contributed by atoms with Crippen molar-refractivity contribution in [3.8, 4) is 11.5 Å². The Kier molecular flexibility index (Phi) is 3.78. The smallest absolute Gasteiger partial charge is 0.168 e. The quantitative estimate of drug-likeness (QED) is 0.716. The van der Waals surface area contributed by atoms with Gasteiger partial charge in [-0.1, -0.05) is 38.0 Å². The van der Waals surface area contributed by atoms with Gasteiger partial charge in [-0.15, -0.1) is 0 Å². The molecule has 0 aliphatic heterocycles. The summed E-state index contributed by atoms with van der Waals surface area (Å²) in [5.74, 6) is 1.83. The van der Waals surface area contributed by atoms with E-state index in [-0.39, 0.29) is 11.2 Å². The highest BCUT2D eigenvalue weighted by molar-refractivity contribution is 6.00. The molecule has 1 aliphatic rings. The third-order valence-electron chi connectivity index (χ3n) is 4.35. The predicted octanol–water partition coefficient (Wildman–Crippen LogP) is 5.24. The molecule has 0 saturated heterocycles. The van der Waals surface area contributed by atoms with Gasteiger partial charge < -0.3 is 4.74 Å². The van der Waals surface area contributed by atoms with Crippen LogP contribution in [0.1, 0.15) is 43.0 Å². The summed E-state index contributed by atoms with van der Waals surface area (Å²) in [7, 11) is 0. The van der Waals surface area contributed by atoms with E-state index in [0.29, 0.717) is 0 Å². The normalized spacial score (nSPS) is 16.6. The molecule has 0 radical (unpaired) electrons. The third kappa shape index (κ3) is 2.99. The second-order valence-corrected chi connectivity index (χ2v) is 6.04. The van der Waals surface area contributed by atoms with Gasteiger partial charge in [-0.2, -0.15) is 0 Å². The van der Waals surface area contributed by atoms with Gasteiger partial charge in [-0.05, 0) is 49.2 Å². The molecule has 0 amide bonds. The lowest BCUT2D eigenvalue weighted by Crippen LogP contribution is -2.24. The Morgan fingerprint density at radius 1 is 0.905 bits per heavy atom. The molecule has 108 valence electrons. The van der Waals surface area contributed by atoms with Gasteiger partial charge >= 0.3 is 0 Å². The van der Waals surface area contributed by atoms with Crippen LogP contribution in [0.4, 0.5) is 0 Å². The molecule has 1 saturated carbocycles. The van der Waals surface area contributed by atoms with Crippen molar-refractivity contribution in [1.82, 2.24) is 0 Å². The molecule has 1 aliphatic carbocycles. The fraction of sp³-hybridized carbons (Fsp3) is 0.316. The van der Waals surface area contributed by atoms with Gasteiger partial charge in [0.05, 0.1) is 0 Å². The monoisotopic (exact) mass is 280 g/mol. The van der Waals surface area contributed by atoms with Crippen molar-refractivity contribution >= 4 is 5.78 Å². The second kappa shape index (κ2) is 5.72. The zero-order valence-electron chi connectivity index (χ0n) is 12.3. The molecular weight excluding hydrogens is 260 g/mol. The van der Waals surface area contributed by atoms with E-state index in [9.17, 15) is 4.79 Å². The van der Waals surface area contributed by atoms with E-state index in [2.05, 4.69) is 6.92 Å². The van der Waals surface area contributed by atoms with Crippen molar-refractivity contribution in [1.29, 1.82) is 0 Å². The van der Waals surface area contributed by atoms with Gasteiger partial charge in [0, 0.05) is 11.0 Å². The lowest BCUT2D eigenvalue weighted by molar-refractivity contribution is 0.0823. The van der Waals surface area contributed by atoms with E-state index in [1.54, 1.807) is 0 Å². The van der Waals surface area contributed by atoms with Crippen molar-refractivity contribution in [2.45, 2.75) is 32.6 Å². The van der Waals surface area contributed by atoms with Gasteiger partial charge in [-0.3, -0.25) is 4.79 Å². The summed E-state index contributed by atoms with van der Waals surface area (Å²) in [5, 5.41) is 0. The lowest BCUT2D eigenvalue weighted by atomic mass is 9.81. The minimum absolute atomic E-state index is 0.165. The molecule has 0 aromatic heterocycles. The van der Waals surface area contributed by atoms with Gasteiger partial charge in [0.2, 0.25) is 0 Å². The molecule has 0 unspecified atom stereocenters. The summed E-state index contributed by atoms with van der Waals surface area (Å²) in [6.45, 7) is 2.09. The van der Waals surface area contributed by atoms with Gasteiger partial charge in [0.15, 0.2) is 5.78 Å². The van der Waals surface area contributed by atoms with E-state index < -0.39 is 0 Å². The maximum Gasteiger partial charge on any atom is 0.168 e. The molecule has 2 heteroatoms. The van der Waals surface area contributed by atoms with Crippen LogP contribution in [0.25, 0.3) is 0 Å². The molecule has 1 fully saturated rings. The number of benzene rings is 2. The number of ether oxygens (including phenoxy) is 1. The minimum Gasteiger partial charge on any atom is -0.457 e. The number of hydrogen-bond acceptors (Lipinski definition) is 2.